The van der Waals surface area contributed by atoms with Crippen molar-refractivity contribution in [2.75, 3.05) is 12.1 Å². The number of aryl methyl sites for hydroxylation is 1. The smallest absolute Gasteiger partial charge is 0.248 e. The van der Waals surface area contributed by atoms with Gasteiger partial charge in [-0.05, 0) is 42.3 Å². The first-order valence-corrected chi connectivity index (χ1v) is 7.56. The van der Waals surface area contributed by atoms with Gasteiger partial charge in [0, 0.05) is 22.3 Å². The maximum atomic E-state index is 12.0. The maximum absolute atomic E-state index is 12.0. The number of rotatable bonds is 3. The van der Waals surface area contributed by atoms with Gasteiger partial charge in [-0.3, -0.25) is 4.79 Å². The van der Waals surface area contributed by atoms with Crippen LogP contribution in [0.4, 0.5) is 5.69 Å². The predicted octanol–water partition coefficient (Wildman–Crippen LogP) is 4.14. The fourth-order valence-corrected chi connectivity index (χ4v) is 2.72. The second kappa shape index (κ2) is 6.23. The van der Waals surface area contributed by atoms with Gasteiger partial charge in [-0.2, -0.15) is 0 Å². The molecule has 1 heterocycles. The van der Waals surface area contributed by atoms with Gasteiger partial charge in [-0.25, -0.2) is 0 Å². The molecule has 1 aliphatic rings. The van der Waals surface area contributed by atoms with Crippen LogP contribution in [0.5, 0.6) is 11.5 Å². The molecule has 0 atom stereocenters. The van der Waals surface area contributed by atoms with Crippen LogP contribution in [0, 0.1) is 6.92 Å². The van der Waals surface area contributed by atoms with E-state index >= 15 is 0 Å². The topological polar surface area (TPSA) is 47.6 Å². The summed E-state index contributed by atoms with van der Waals surface area (Å²) in [6, 6.07) is 11.3. The molecule has 0 saturated heterocycles. The van der Waals surface area contributed by atoms with E-state index in [1.165, 1.54) is 6.08 Å². The molecule has 0 saturated carbocycles. The van der Waals surface area contributed by atoms with Gasteiger partial charge >= 0.3 is 0 Å². The van der Waals surface area contributed by atoms with Crippen molar-refractivity contribution in [2.24, 2.45) is 0 Å². The number of hydrogen-bond acceptors (Lipinski definition) is 3. The largest absolute Gasteiger partial charge is 0.454 e. The van der Waals surface area contributed by atoms with Crippen molar-refractivity contribution >= 4 is 33.6 Å². The Morgan fingerprint density at radius 2 is 2.00 bits per heavy atom. The molecule has 0 spiro atoms. The molecule has 0 unspecified atom stereocenters. The van der Waals surface area contributed by atoms with Gasteiger partial charge in [0.1, 0.15) is 0 Å². The first-order valence-electron chi connectivity index (χ1n) is 6.77. The quantitative estimate of drug-likeness (QED) is 0.837. The van der Waals surface area contributed by atoms with Crippen LogP contribution in [0.2, 0.25) is 0 Å². The van der Waals surface area contributed by atoms with Crippen molar-refractivity contribution in [1.82, 2.24) is 0 Å². The third-order valence-electron chi connectivity index (χ3n) is 3.21. The zero-order chi connectivity index (χ0) is 15.5. The van der Waals surface area contributed by atoms with E-state index in [1.807, 2.05) is 25.1 Å². The molecule has 0 fully saturated rings. The minimum atomic E-state index is -0.202. The molecule has 4 nitrogen and oxygen atoms in total. The lowest BCUT2D eigenvalue weighted by molar-refractivity contribution is -0.111. The fraction of sp³-hybridized carbons (Fsp3) is 0.118. The van der Waals surface area contributed by atoms with E-state index in [2.05, 4.69) is 21.2 Å². The van der Waals surface area contributed by atoms with Crippen molar-refractivity contribution in [3.05, 3.63) is 58.1 Å². The summed E-state index contributed by atoms with van der Waals surface area (Å²) in [4.78, 5) is 12.0. The van der Waals surface area contributed by atoms with Crippen LogP contribution < -0.4 is 14.8 Å². The highest BCUT2D eigenvalue weighted by molar-refractivity contribution is 9.10. The van der Waals surface area contributed by atoms with Crippen LogP contribution >= 0.6 is 15.9 Å². The highest BCUT2D eigenvalue weighted by Crippen LogP contribution is 2.34. The standard InChI is InChI=1S/C17H14BrNO3/c1-11-2-3-12(14(18)8-11)4-7-17(20)19-13-5-6-15-16(9-13)22-10-21-15/h2-9H,10H2,1H3,(H,19,20)/b7-4+. The molecule has 0 aromatic heterocycles. The molecule has 2 aromatic carbocycles. The second-order valence-electron chi connectivity index (χ2n) is 4.92. The highest BCUT2D eigenvalue weighted by atomic mass is 79.9. The average Bonchev–Trinajstić information content (AvgIpc) is 2.94. The van der Waals surface area contributed by atoms with Gasteiger partial charge in [-0.1, -0.05) is 28.1 Å². The first kappa shape index (κ1) is 14.7. The Kier molecular flexibility index (Phi) is 4.15. The number of halogens is 1. The normalized spacial score (nSPS) is 12.6. The number of benzene rings is 2. The summed E-state index contributed by atoms with van der Waals surface area (Å²) in [6.45, 7) is 2.23. The minimum Gasteiger partial charge on any atom is -0.454 e. The summed E-state index contributed by atoms with van der Waals surface area (Å²) in [6.07, 6.45) is 3.27. The van der Waals surface area contributed by atoms with Gasteiger partial charge in [-0.15, -0.1) is 0 Å². The SMILES string of the molecule is Cc1ccc(/C=C/C(=O)Nc2ccc3c(c2)OCO3)c(Br)c1. The number of anilines is 1. The Balaban J connectivity index is 1.68. The summed E-state index contributed by atoms with van der Waals surface area (Å²) in [5, 5.41) is 2.80. The summed E-state index contributed by atoms with van der Waals surface area (Å²) in [7, 11) is 0. The van der Waals surface area contributed by atoms with E-state index in [0.717, 1.165) is 15.6 Å². The molecule has 112 valence electrons. The summed E-state index contributed by atoms with van der Waals surface area (Å²) >= 11 is 3.48. The van der Waals surface area contributed by atoms with Crippen LogP contribution in [0.1, 0.15) is 11.1 Å². The molecular weight excluding hydrogens is 346 g/mol. The summed E-state index contributed by atoms with van der Waals surface area (Å²) < 4.78 is 11.5. The maximum Gasteiger partial charge on any atom is 0.248 e. The number of amides is 1. The number of hydrogen-bond donors (Lipinski definition) is 1. The Bertz CT molecular complexity index is 756. The molecule has 5 heteroatoms. The second-order valence-corrected chi connectivity index (χ2v) is 5.77. The Morgan fingerprint density at radius 1 is 1.18 bits per heavy atom. The molecule has 22 heavy (non-hydrogen) atoms. The third-order valence-corrected chi connectivity index (χ3v) is 3.90. The lowest BCUT2D eigenvalue weighted by Gasteiger charge is -2.04. The lowest BCUT2D eigenvalue weighted by atomic mass is 10.1. The van der Waals surface area contributed by atoms with E-state index < -0.39 is 0 Å². The van der Waals surface area contributed by atoms with Crippen LogP contribution in [-0.2, 0) is 4.79 Å². The van der Waals surface area contributed by atoms with E-state index in [9.17, 15) is 4.79 Å². The summed E-state index contributed by atoms with van der Waals surface area (Å²) in [5.74, 6) is 1.13. The van der Waals surface area contributed by atoms with E-state index in [4.69, 9.17) is 9.47 Å². The summed E-state index contributed by atoms with van der Waals surface area (Å²) in [5.41, 5.74) is 2.78. The molecule has 1 N–H and O–H groups in total. The molecule has 2 aromatic rings. The van der Waals surface area contributed by atoms with Crippen molar-refractivity contribution in [2.45, 2.75) is 6.92 Å². The Hall–Kier alpha value is -2.27. The van der Waals surface area contributed by atoms with Crippen molar-refractivity contribution < 1.29 is 14.3 Å². The highest BCUT2D eigenvalue weighted by Gasteiger charge is 2.13. The van der Waals surface area contributed by atoms with Crippen molar-refractivity contribution in [3.63, 3.8) is 0 Å². The number of ether oxygens (including phenoxy) is 2. The van der Waals surface area contributed by atoms with Crippen LogP contribution in [-0.4, -0.2) is 12.7 Å². The number of fused-ring (bicyclic) bond motifs is 1. The van der Waals surface area contributed by atoms with E-state index in [1.54, 1.807) is 24.3 Å². The van der Waals surface area contributed by atoms with Crippen molar-refractivity contribution in [1.29, 1.82) is 0 Å². The predicted molar refractivity (Wildman–Crippen MR) is 89.1 cm³/mol. The Morgan fingerprint density at radius 3 is 2.82 bits per heavy atom. The van der Waals surface area contributed by atoms with E-state index in [-0.39, 0.29) is 12.7 Å². The average molecular weight is 360 g/mol. The molecule has 1 amide bonds. The van der Waals surface area contributed by atoms with E-state index in [0.29, 0.717) is 17.2 Å². The van der Waals surface area contributed by atoms with Gasteiger partial charge in [0.05, 0.1) is 0 Å². The van der Waals surface area contributed by atoms with Crippen LogP contribution in [0.25, 0.3) is 6.08 Å². The molecule has 0 aliphatic carbocycles. The van der Waals surface area contributed by atoms with Crippen LogP contribution in [0.15, 0.2) is 46.9 Å². The zero-order valence-corrected chi connectivity index (χ0v) is 13.5. The van der Waals surface area contributed by atoms with Gasteiger partial charge in [0.25, 0.3) is 0 Å². The van der Waals surface area contributed by atoms with Gasteiger partial charge in [0.2, 0.25) is 12.7 Å². The number of carbonyl (C=O) groups is 1. The van der Waals surface area contributed by atoms with Gasteiger partial charge in [0.15, 0.2) is 11.5 Å². The fourth-order valence-electron chi connectivity index (χ4n) is 2.09. The monoisotopic (exact) mass is 359 g/mol. The lowest BCUT2D eigenvalue weighted by Crippen LogP contribution is -2.07. The molecular formula is C17H14BrNO3. The minimum absolute atomic E-state index is 0.202. The third kappa shape index (κ3) is 3.31. The molecule has 3 rings (SSSR count). The van der Waals surface area contributed by atoms with Gasteiger partial charge < -0.3 is 14.8 Å². The first-order chi connectivity index (χ1) is 10.6. The molecule has 0 bridgehead atoms. The number of nitrogens with one attached hydrogen (secondary N) is 1. The zero-order valence-electron chi connectivity index (χ0n) is 11.9. The number of carbonyl (C=O) groups excluding carboxylic acids is 1. The molecule has 0 radical (unpaired) electrons. The molecule has 1 aliphatic heterocycles. The van der Waals surface area contributed by atoms with Crippen molar-refractivity contribution in [3.8, 4) is 11.5 Å². The Labute approximate surface area is 136 Å². The van der Waals surface area contributed by atoms with Crippen LogP contribution in [0.3, 0.4) is 0 Å².